The molecule has 0 spiro atoms. The van der Waals surface area contributed by atoms with Crippen molar-refractivity contribution in [2.45, 2.75) is 63.8 Å². The van der Waals surface area contributed by atoms with Crippen LogP contribution in [-0.2, 0) is 0 Å². The molecule has 0 aliphatic heterocycles. The molecule has 0 saturated heterocycles. The lowest BCUT2D eigenvalue weighted by atomic mass is 9.77. The Kier molecular flexibility index (Phi) is 3.48. The van der Waals surface area contributed by atoms with Crippen LogP contribution in [0.25, 0.3) is 5.65 Å². The van der Waals surface area contributed by atoms with Crippen molar-refractivity contribution in [2.75, 3.05) is 0 Å². The average molecular weight is 290 g/mol. The van der Waals surface area contributed by atoms with Gasteiger partial charge in [0.05, 0.1) is 0 Å². The molecule has 0 N–H and O–H groups in total. The van der Waals surface area contributed by atoms with Crippen molar-refractivity contribution in [3.05, 3.63) is 17.6 Å². The second-order valence-corrected chi connectivity index (χ2v) is 7.87. The van der Waals surface area contributed by atoms with Gasteiger partial charge in [-0.25, -0.2) is 4.98 Å². The molecule has 3 rings (SSSR count). The third-order valence-electron chi connectivity index (χ3n) is 4.22. The van der Waals surface area contributed by atoms with Crippen LogP contribution >= 0.6 is 11.8 Å². The third kappa shape index (κ3) is 2.68. The minimum atomic E-state index is 0.512. The third-order valence-corrected chi connectivity index (χ3v) is 5.50. The van der Waals surface area contributed by atoms with Crippen molar-refractivity contribution in [3.8, 4) is 0 Å². The normalized spacial score (nSPS) is 19.6. The molecule has 0 amide bonds. The predicted octanol–water partition coefficient (Wildman–Crippen LogP) is 3.80. The van der Waals surface area contributed by atoms with E-state index in [2.05, 4.69) is 33.4 Å². The molecule has 1 aliphatic rings. The molecule has 2 heterocycles. The first-order valence-corrected chi connectivity index (χ1v) is 8.19. The highest BCUT2D eigenvalue weighted by atomic mass is 32.2. The van der Waals surface area contributed by atoms with Crippen molar-refractivity contribution in [2.24, 2.45) is 5.41 Å². The van der Waals surface area contributed by atoms with E-state index in [4.69, 9.17) is 0 Å². The number of aryl methyl sites for hydroxylation is 2. The molecule has 1 fully saturated rings. The van der Waals surface area contributed by atoms with Crippen LogP contribution in [0, 0.1) is 19.3 Å². The summed E-state index contributed by atoms with van der Waals surface area (Å²) in [6.45, 7) is 8.77. The highest BCUT2D eigenvalue weighted by molar-refractivity contribution is 7.99. The van der Waals surface area contributed by atoms with E-state index >= 15 is 0 Å². The average Bonchev–Trinajstić information content (AvgIpc) is 2.75. The van der Waals surface area contributed by atoms with Gasteiger partial charge in [-0.1, -0.05) is 25.6 Å². The van der Waals surface area contributed by atoms with Crippen LogP contribution in [0.1, 0.15) is 51.0 Å². The standard InChI is InChI=1S/C15H22N4S/c1-10-9-13-17-18-14(19(13)11(2)16-10)20-12-5-7-15(3,4)8-6-12/h9,12H,5-8H2,1-4H3. The molecule has 108 valence electrons. The topological polar surface area (TPSA) is 43.1 Å². The van der Waals surface area contributed by atoms with Crippen molar-refractivity contribution < 1.29 is 0 Å². The second-order valence-electron chi connectivity index (χ2n) is 6.60. The van der Waals surface area contributed by atoms with Crippen molar-refractivity contribution >= 4 is 17.4 Å². The molecular formula is C15H22N4S. The molecule has 0 unspecified atom stereocenters. The number of aromatic nitrogens is 4. The van der Waals surface area contributed by atoms with Gasteiger partial charge in [-0.05, 0) is 44.9 Å². The Morgan fingerprint density at radius 1 is 1.20 bits per heavy atom. The van der Waals surface area contributed by atoms with Gasteiger partial charge in [0.25, 0.3) is 0 Å². The molecule has 1 saturated carbocycles. The fourth-order valence-electron chi connectivity index (χ4n) is 2.92. The van der Waals surface area contributed by atoms with Crippen LogP contribution in [0.4, 0.5) is 0 Å². The highest BCUT2D eigenvalue weighted by Crippen LogP contribution is 2.41. The lowest BCUT2D eigenvalue weighted by molar-refractivity contribution is 0.249. The van der Waals surface area contributed by atoms with E-state index in [1.165, 1.54) is 25.7 Å². The van der Waals surface area contributed by atoms with Crippen LogP contribution < -0.4 is 0 Å². The summed E-state index contributed by atoms with van der Waals surface area (Å²) in [6.07, 6.45) is 5.14. The maximum atomic E-state index is 4.52. The SMILES string of the molecule is Cc1cc2nnc(SC3CCC(C)(C)CC3)n2c(C)n1. The van der Waals surface area contributed by atoms with E-state index in [1.807, 2.05) is 31.7 Å². The summed E-state index contributed by atoms with van der Waals surface area (Å²) in [6, 6.07) is 1.99. The van der Waals surface area contributed by atoms with Gasteiger partial charge in [0.15, 0.2) is 10.8 Å². The number of fused-ring (bicyclic) bond motifs is 1. The summed E-state index contributed by atoms with van der Waals surface area (Å²) in [4.78, 5) is 4.52. The van der Waals surface area contributed by atoms with Gasteiger partial charge >= 0.3 is 0 Å². The Hall–Kier alpha value is -1.10. The van der Waals surface area contributed by atoms with Crippen LogP contribution in [0.2, 0.25) is 0 Å². The molecule has 2 aromatic rings. The molecule has 2 aromatic heterocycles. The summed E-state index contributed by atoms with van der Waals surface area (Å²) in [5.74, 6) is 0.976. The predicted molar refractivity (Wildman–Crippen MR) is 82.2 cm³/mol. The van der Waals surface area contributed by atoms with Crippen LogP contribution in [0.15, 0.2) is 11.2 Å². The Bertz CT molecular complexity index is 622. The quantitative estimate of drug-likeness (QED) is 0.843. The largest absolute Gasteiger partial charge is 0.258 e. The van der Waals surface area contributed by atoms with Crippen molar-refractivity contribution in [1.82, 2.24) is 19.6 Å². The van der Waals surface area contributed by atoms with Gasteiger partial charge in [-0.15, -0.1) is 10.2 Å². The van der Waals surface area contributed by atoms with E-state index in [-0.39, 0.29) is 0 Å². The molecule has 5 heteroatoms. The van der Waals surface area contributed by atoms with Gasteiger partial charge in [-0.2, -0.15) is 0 Å². The van der Waals surface area contributed by atoms with Gasteiger partial charge in [-0.3, -0.25) is 4.40 Å². The highest BCUT2D eigenvalue weighted by Gasteiger charge is 2.28. The molecular weight excluding hydrogens is 268 g/mol. The zero-order valence-electron chi connectivity index (χ0n) is 12.7. The first-order chi connectivity index (χ1) is 9.44. The maximum absolute atomic E-state index is 4.52. The van der Waals surface area contributed by atoms with Gasteiger partial charge in [0.2, 0.25) is 0 Å². The fraction of sp³-hybridized carbons (Fsp3) is 0.667. The summed E-state index contributed by atoms with van der Waals surface area (Å²) < 4.78 is 2.08. The first kappa shape index (κ1) is 13.9. The summed E-state index contributed by atoms with van der Waals surface area (Å²) >= 11 is 1.87. The van der Waals surface area contributed by atoms with Gasteiger partial charge in [0.1, 0.15) is 5.82 Å². The van der Waals surface area contributed by atoms with Gasteiger partial charge < -0.3 is 0 Å². The summed E-state index contributed by atoms with van der Waals surface area (Å²) in [5, 5.41) is 10.3. The second kappa shape index (κ2) is 5.02. The first-order valence-electron chi connectivity index (χ1n) is 7.31. The molecule has 0 atom stereocenters. The maximum Gasteiger partial charge on any atom is 0.197 e. The van der Waals surface area contributed by atoms with Crippen molar-refractivity contribution in [1.29, 1.82) is 0 Å². The number of hydrogen-bond acceptors (Lipinski definition) is 4. The Labute approximate surface area is 124 Å². The monoisotopic (exact) mass is 290 g/mol. The minimum Gasteiger partial charge on any atom is -0.258 e. The molecule has 1 aliphatic carbocycles. The molecule has 0 aromatic carbocycles. The van der Waals surface area contributed by atoms with E-state index in [9.17, 15) is 0 Å². The van der Waals surface area contributed by atoms with E-state index < -0.39 is 0 Å². The smallest absolute Gasteiger partial charge is 0.197 e. The molecule has 4 nitrogen and oxygen atoms in total. The lowest BCUT2D eigenvalue weighted by Gasteiger charge is -2.33. The van der Waals surface area contributed by atoms with E-state index in [0.29, 0.717) is 10.7 Å². The minimum absolute atomic E-state index is 0.512. The zero-order chi connectivity index (χ0) is 14.3. The Morgan fingerprint density at radius 3 is 2.60 bits per heavy atom. The Balaban J connectivity index is 1.82. The van der Waals surface area contributed by atoms with E-state index in [0.717, 1.165) is 22.3 Å². The zero-order valence-corrected chi connectivity index (χ0v) is 13.5. The number of rotatable bonds is 2. The number of hydrogen-bond donors (Lipinski definition) is 0. The van der Waals surface area contributed by atoms with E-state index in [1.54, 1.807) is 0 Å². The molecule has 0 bridgehead atoms. The van der Waals surface area contributed by atoms with Crippen molar-refractivity contribution in [3.63, 3.8) is 0 Å². The summed E-state index contributed by atoms with van der Waals surface area (Å²) in [5.41, 5.74) is 2.42. The van der Waals surface area contributed by atoms with Crippen LogP contribution in [0.5, 0.6) is 0 Å². The Morgan fingerprint density at radius 2 is 1.90 bits per heavy atom. The molecule has 20 heavy (non-hydrogen) atoms. The van der Waals surface area contributed by atoms with Crippen LogP contribution in [0.3, 0.4) is 0 Å². The fourth-order valence-corrected chi connectivity index (χ4v) is 4.11. The van der Waals surface area contributed by atoms with Gasteiger partial charge in [0, 0.05) is 17.0 Å². The number of thioether (sulfide) groups is 1. The molecule has 0 radical (unpaired) electrons. The number of nitrogens with zero attached hydrogens (tertiary/aromatic N) is 4. The summed E-state index contributed by atoms with van der Waals surface area (Å²) in [7, 11) is 0. The lowest BCUT2D eigenvalue weighted by Crippen LogP contribution is -2.22. The van der Waals surface area contributed by atoms with Crippen LogP contribution in [-0.4, -0.2) is 24.8 Å².